The first-order chi connectivity index (χ1) is 16.5. The Morgan fingerprint density at radius 2 is 1.71 bits per heavy atom. The van der Waals surface area contributed by atoms with Crippen LogP contribution in [0.2, 0.25) is 0 Å². The number of benzene rings is 2. The number of ether oxygens (including phenoxy) is 2. The van der Waals surface area contributed by atoms with Crippen molar-refractivity contribution in [1.29, 1.82) is 0 Å². The summed E-state index contributed by atoms with van der Waals surface area (Å²) in [4.78, 5) is 28.3. The Kier molecular flexibility index (Phi) is 9.63. The number of aryl methyl sites for hydroxylation is 1. The Bertz CT molecular complexity index is 958. The number of nitrogens with zero attached hydrogens (tertiary/aromatic N) is 1. The molecule has 0 saturated heterocycles. The normalized spacial score (nSPS) is 14.8. The zero-order chi connectivity index (χ0) is 24.5. The highest BCUT2D eigenvalue weighted by atomic mass is 35.5. The molecular weight excluding hydrogens is 452 g/mol. The van der Waals surface area contributed by atoms with E-state index in [-0.39, 0.29) is 23.7 Å². The van der Waals surface area contributed by atoms with Crippen LogP contribution in [0.3, 0.4) is 0 Å². The van der Waals surface area contributed by atoms with Crippen LogP contribution in [-0.2, 0) is 16.0 Å². The van der Waals surface area contributed by atoms with E-state index in [4.69, 9.17) is 21.1 Å². The average molecular weight is 487 g/mol. The van der Waals surface area contributed by atoms with Crippen LogP contribution in [0.1, 0.15) is 54.8 Å². The van der Waals surface area contributed by atoms with Crippen molar-refractivity contribution in [3.05, 3.63) is 59.2 Å². The highest BCUT2D eigenvalue weighted by Crippen LogP contribution is 2.33. The number of amides is 2. The van der Waals surface area contributed by atoms with Gasteiger partial charge in [0.2, 0.25) is 11.8 Å². The zero-order valence-electron chi connectivity index (χ0n) is 20.3. The highest BCUT2D eigenvalue weighted by Gasteiger charge is 2.33. The number of halogens is 1. The molecule has 3 rings (SSSR count). The van der Waals surface area contributed by atoms with E-state index in [1.165, 1.54) is 12.0 Å². The third-order valence-corrected chi connectivity index (χ3v) is 6.66. The molecule has 1 unspecified atom stereocenters. The van der Waals surface area contributed by atoms with Gasteiger partial charge < -0.3 is 19.7 Å². The molecular formula is C27H35ClN2O4. The lowest BCUT2D eigenvalue weighted by Crippen LogP contribution is -2.48. The first-order valence-electron chi connectivity index (χ1n) is 11.9. The Hall–Kier alpha value is -2.73. The molecule has 0 aliphatic heterocycles. The molecule has 1 atom stereocenters. The van der Waals surface area contributed by atoms with E-state index in [1.807, 2.05) is 37.3 Å². The molecule has 1 saturated carbocycles. The maximum absolute atomic E-state index is 13.7. The third-order valence-electron chi connectivity index (χ3n) is 6.43. The number of alkyl halides is 1. The molecule has 1 fully saturated rings. The van der Waals surface area contributed by atoms with E-state index in [1.54, 1.807) is 31.3 Å². The van der Waals surface area contributed by atoms with Gasteiger partial charge in [-0.05, 0) is 49.4 Å². The quantitative estimate of drug-likeness (QED) is 0.489. The van der Waals surface area contributed by atoms with Crippen molar-refractivity contribution < 1.29 is 19.1 Å². The van der Waals surface area contributed by atoms with Crippen molar-refractivity contribution in [1.82, 2.24) is 10.2 Å². The van der Waals surface area contributed by atoms with Gasteiger partial charge in [-0.3, -0.25) is 9.59 Å². The minimum Gasteiger partial charge on any atom is -0.493 e. The Morgan fingerprint density at radius 1 is 1.03 bits per heavy atom. The maximum atomic E-state index is 13.7. The molecule has 0 spiro atoms. The molecule has 0 radical (unpaired) electrons. The van der Waals surface area contributed by atoms with E-state index in [0.29, 0.717) is 30.0 Å². The van der Waals surface area contributed by atoms with Gasteiger partial charge in [-0.25, -0.2) is 0 Å². The molecule has 0 aromatic heterocycles. The minimum atomic E-state index is -0.821. The second kappa shape index (κ2) is 12.7. The fourth-order valence-corrected chi connectivity index (χ4v) is 4.66. The molecule has 1 N–H and O–H groups in total. The standard InChI is InChI=1S/C27H35ClN2O4/c1-19-9-11-20(12-10-19)15-16-30(25(31)18-28)26(27(32)29-22-7-5-4-6-8-22)21-13-14-23(33-2)24(17-21)34-3/h9-14,17,22,26H,4-8,15-16,18H2,1-3H3,(H,29,32). The van der Waals surface area contributed by atoms with Gasteiger partial charge in [0, 0.05) is 12.6 Å². The van der Waals surface area contributed by atoms with E-state index in [0.717, 1.165) is 31.2 Å². The van der Waals surface area contributed by atoms with Gasteiger partial charge in [0.25, 0.3) is 0 Å². The second-order valence-corrected chi connectivity index (χ2v) is 9.08. The summed E-state index contributed by atoms with van der Waals surface area (Å²) in [6.45, 7) is 2.40. The van der Waals surface area contributed by atoms with Crippen LogP contribution in [0.15, 0.2) is 42.5 Å². The second-order valence-electron chi connectivity index (χ2n) is 8.82. The van der Waals surface area contributed by atoms with Crippen molar-refractivity contribution in [2.24, 2.45) is 0 Å². The van der Waals surface area contributed by atoms with Crippen molar-refractivity contribution in [3.8, 4) is 11.5 Å². The molecule has 1 aliphatic rings. The van der Waals surface area contributed by atoms with Gasteiger partial charge in [-0.15, -0.1) is 11.6 Å². The predicted octanol–water partition coefficient (Wildman–Crippen LogP) is 4.81. The number of carbonyl (C=O) groups excluding carboxylic acids is 2. The highest BCUT2D eigenvalue weighted by molar-refractivity contribution is 6.27. The molecule has 7 heteroatoms. The summed E-state index contributed by atoms with van der Waals surface area (Å²) in [5.74, 6) is 0.391. The number of nitrogens with one attached hydrogen (secondary N) is 1. The van der Waals surface area contributed by atoms with Crippen molar-refractivity contribution in [3.63, 3.8) is 0 Å². The molecule has 0 heterocycles. The first-order valence-corrected chi connectivity index (χ1v) is 12.4. The number of rotatable bonds is 10. The van der Waals surface area contributed by atoms with Crippen molar-refractivity contribution in [2.45, 2.75) is 57.5 Å². The number of methoxy groups -OCH3 is 2. The fourth-order valence-electron chi connectivity index (χ4n) is 4.50. The average Bonchev–Trinajstić information content (AvgIpc) is 2.87. The van der Waals surface area contributed by atoms with Crippen molar-refractivity contribution >= 4 is 23.4 Å². The minimum absolute atomic E-state index is 0.119. The molecule has 2 amide bonds. The molecule has 34 heavy (non-hydrogen) atoms. The topological polar surface area (TPSA) is 67.9 Å². The van der Waals surface area contributed by atoms with E-state index in [9.17, 15) is 9.59 Å². The maximum Gasteiger partial charge on any atom is 0.247 e. The monoisotopic (exact) mass is 486 g/mol. The lowest BCUT2D eigenvalue weighted by atomic mass is 9.94. The fraction of sp³-hybridized carbons (Fsp3) is 0.481. The summed E-state index contributed by atoms with van der Waals surface area (Å²) in [6, 6.07) is 12.8. The van der Waals surface area contributed by atoms with Gasteiger partial charge >= 0.3 is 0 Å². The number of hydrogen-bond acceptors (Lipinski definition) is 4. The van der Waals surface area contributed by atoms with Crippen LogP contribution in [0.25, 0.3) is 0 Å². The lowest BCUT2D eigenvalue weighted by Gasteiger charge is -2.33. The van der Waals surface area contributed by atoms with Crippen molar-refractivity contribution in [2.75, 3.05) is 26.6 Å². The van der Waals surface area contributed by atoms with Gasteiger partial charge in [-0.1, -0.05) is 55.2 Å². The van der Waals surface area contributed by atoms with E-state index >= 15 is 0 Å². The summed E-state index contributed by atoms with van der Waals surface area (Å²) >= 11 is 6.02. The molecule has 2 aromatic carbocycles. The smallest absolute Gasteiger partial charge is 0.247 e. The third kappa shape index (κ3) is 6.66. The summed E-state index contributed by atoms with van der Waals surface area (Å²) in [5.41, 5.74) is 2.93. The van der Waals surface area contributed by atoms with Crippen LogP contribution in [0, 0.1) is 6.92 Å². The van der Waals surface area contributed by atoms with Crippen LogP contribution in [0.5, 0.6) is 11.5 Å². The molecule has 6 nitrogen and oxygen atoms in total. The summed E-state index contributed by atoms with van der Waals surface area (Å²) in [6.07, 6.45) is 5.92. The molecule has 1 aliphatic carbocycles. The summed E-state index contributed by atoms with van der Waals surface area (Å²) < 4.78 is 10.8. The summed E-state index contributed by atoms with van der Waals surface area (Å²) in [5, 5.41) is 3.20. The molecule has 184 valence electrons. The van der Waals surface area contributed by atoms with Gasteiger partial charge in [0.15, 0.2) is 11.5 Å². The molecule has 2 aromatic rings. The first kappa shape index (κ1) is 25.9. The van der Waals surface area contributed by atoms with Crippen LogP contribution >= 0.6 is 11.6 Å². The Morgan fingerprint density at radius 3 is 2.32 bits per heavy atom. The Balaban J connectivity index is 1.94. The lowest BCUT2D eigenvalue weighted by molar-refractivity contribution is -0.139. The van der Waals surface area contributed by atoms with Gasteiger partial charge in [0.05, 0.1) is 14.2 Å². The summed E-state index contributed by atoms with van der Waals surface area (Å²) in [7, 11) is 3.12. The predicted molar refractivity (Wildman–Crippen MR) is 135 cm³/mol. The molecule has 0 bridgehead atoms. The van der Waals surface area contributed by atoms with Crippen LogP contribution < -0.4 is 14.8 Å². The SMILES string of the molecule is COc1ccc(C(C(=O)NC2CCCCC2)N(CCc2ccc(C)cc2)C(=O)CCl)cc1OC. The van der Waals surface area contributed by atoms with E-state index < -0.39 is 6.04 Å². The Labute approximate surface area is 207 Å². The number of hydrogen-bond donors (Lipinski definition) is 1. The van der Waals surface area contributed by atoms with E-state index in [2.05, 4.69) is 5.32 Å². The zero-order valence-corrected chi connectivity index (χ0v) is 21.1. The van der Waals surface area contributed by atoms with Gasteiger partial charge in [-0.2, -0.15) is 0 Å². The number of carbonyl (C=O) groups is 2. The van der Waals surface area contributed by atoms with Crippen LogP contribution in [0.4, 0.5) is 0 Å². The van der Waals surface area contributed by atoms with Gasteiger partial charge in [0.1, 0.15) is 11.9 Å². The van der Waals surface area contributed by atoms with Crippen LogP contribution in [-0.4, -0.2) is 49.4 Å². The largest absolute Gasteiger partial charge is 0.493 e.